The van der Waals surface area contributed by atoms with Crippen LogP contribution in [0.15, 0.2) is 83.1 Å². The number of esters is 1. The fourth-order valence-electron chi connectivity index (χ4n) is 3.87. The zero-order valence-electron chi connectivity index (χ0n) is 21.6. The van der Waals surface area contributed by atoms with Crippen LogP contribution in [-0.2, 0) is 9.53 Å². The first kappa shape index (κ1) is 28.1. The van der Waals surface area contributed by atoms with E-state index in [0.717, 1.165) is 16.0 Å². The smallest absolute Gasteiger partial charge is 0.341 e. The first-order valence-electron chi connectivity index (χ1n) is 12.2. The molecule has 6 nitrogen and oxygen atoms in total. The van der Waals surface area contributed by atoms with Crippen molar-refractivity contribution in [3.8, 4) is 11.1 Å². The molecule has 0 spiro atoms. The zero-order chi connectivity index (χ0) is 27.9. The molecule has 1 unspecified atom stereocenters. The predicted octanol–water partition coefficient (Wildman–Crippen LogP) is 7.41. The molecule has 200 valence electrons. The summed E-state index contributed by atoms with van der Waals surface area (Å²) in [5.41, 5.74) is 3.40. The number of aryl methyl sites for hydroxylation is 1. The van der Waals surface area contributed by atoms with Crippen LogP contribution in [0.2, 0.25) is 0 Å². The number of benzene rings is 3. The van der Waals surface area contributed by atoms with Gasteiger partial charge in [0.05, 0.1) is 17.9 Å². The molecular weight excluding hydrogens is 535 g/mol. The minimum atomic E-state index is -0.603. The van der Waals surface area contributed by atoms with E-state index in [4.69, 9.17) is 4.74 Å². The lowest BCUT2D eigenvalue weighted by Gasteiger charge is -2.16. The van der Waals surface area contributed by atoms with Crippen molar-refractivity contribution in [2.45, 2.75) is 30.4 Å². The van der Waals surface area contributed by atoms with E-state index >= 15 is 0 Å². The maximum absolute atomic E-state index is 14.0. The Labute approximate surface area is 234 Å². The first-order chi connectivity index (χ1) is 18.8. The number of thioether (sulfide) groups is 1. The second-order valence-corrected chi connectivity index (χ2v) is 10.8. The molecule has 1 aromatic heterocycles. The quantitative estimate of drug-likeness (QED) is 0.164. The Morgan fingerprint density at radius 2 is 1.74 bits per heavy atom. The molecule has 39 heavy (non-hydrogen) atoms. The maximum atomic E-state index is 14.0. The third kappa shape index (κ3) is 6.74. The molecule has 1 atom stereocenters. The lowest BCUT2D eigenvalue weighted by atomic mass is 10.0. The maximum Gasteiger partial charge on any atom is 0.341 e. The summed E-state index contributed by atoms with van der Waals surface area (Å²) < 4.78 is 19.0. The summed E-state index contributed by atoms with van der Waals surface area (Å²) in [5, 5.41) is 7.41. The average molecular weight is 563 g/mol. The topological polar surface area (TPSA) is 84.5 Å². The van der Waals surface area contributed by atoms with Crippen LogP contribution in [0, 0.1) is 12.7 Å². The van der Waals surface area contributed by atoms with Crippen LogP contribution in [0.25, 0.3) is 11.1 Å². The van der Waals surface area contributed by atoms with Gasteiger partial charge in [0.25, 0.3) is 5.91 Å². The number of nitrogens with one attached hydrogen (secondary N) is 2. The van der Waals surface area contributed by atoms with Crippen molar-refractivity contribution in [1.29, 1.82) is 0 Å². The molecule has 3 aromatic carbocycles. The number of methoxy groups -OCH3 is 1. The van der Waals surface area contributed by atoms with Gasteiger partial charge in [-0.3, -0.25) is 9.59 Å². The van der Waals surface area contributed by atoms with E-state index in [9.17, 15) is 18.8 Å². The molecule has 0 saturated carbocycles. The van der Waals surface area contributed by atoms with Crippen LogP contribution in [0.1, 0.15) is 39.6 Å². The molecule has 0 aliphatic heterocycles. The lowest BCUT2D eigenvalue weighted by molar-refractivity contribution is -0.115. The fraction of sp³-hybridized carbons (Fsp3) is 0.167. The first-order valence-corrected chi connectivity index (χ1v) is 14.0. The standard InChI is InChI=1S/C30H27FN2O4S2/c1-4-25(39-21-9-7-8-20(16-21)32-27(34)22-10-5-6-11-24(22)31)28(35)33-29-26(30(36)37-3)23(17-38-29)19-14-12-18(2)13-15-19/h5-17,25H,4H2,1-3H3,(H,32,34)(H,33,35). The number of rotatable bonds is 9. The van der Waals surface area contributed by atoms with Crippen LogP contribution in [0.4, 0.5) is 15.1 Å². The van der Waals surface area contributed by atoms with E-state index in [1.807, 2.05) is 49.6 Å². The highest BCUT2D eigenvalue weighted by Gasteiger charge is 2.25. The van der Waals surface area contributed by atoms with E-state index in [1.54, 1.807) is 24.3 Å². The van der Waals surface area contributed by atoms with Gasteiger partial charge in [-0.2, -0.15) is 0 Å². The Balaban J connectivity index is 1.50. The van der Waals surface area contributed by atoms with Crippen molar-refractivity contribution in [1.82, 2.24) is 0 Å². The Bertz CT molecular complexity index is 1500. The van der Waals surface area contributed by atoms with E-state index < -0.39 is 22.9 Å². The van der Waals surface area contributed by atoms with Crippen molar-refractivity contribution >= 4 is 51.6 Å². The molecule has 2 amide bonds. The number of ether oxygens (including phenoxy) is 1. The second kappa shape index (κ2) is 12.7. The number of thiophene rings is 1. The summed E-state index contributed by atoms with van der Waals surface area (Å²) in [4.78, 5) is 39.2. The number of carbonyl (C=O) groups is 3. The van der Waals surface area contributed by atoms with E-state index in [-0.39, 0.29) is 11.5 Å². The summed E-state index contributed by atoms with van der Waals surface area (Å²) >= 11 is 2.60. The molecule has 2 N–H and O–H groups in total. The van der Waals surface area contributed by atoms with Gasteiger partial charge in [0.2, 0.25) is 5.91 Å². The number of hydrogen-bond donors (Lipinski definition) is 2. The number of anilines is 2. The molecule has 0 aliphatic rings. The van der Waals surface area contributed by atoms with Crippen molar-refractivity contribution in [2.24, 2.45) is 0 Å². The Hall–Kier alpha value is -3.95. The summed E-state index contributed by atoms with van der Waals surface area (Å²) in [6, 6.07) is 20.6. The highest BCUT2D eigenvalue weighted by atomic mass is 32.2. The molecule has 0 fully saturated rings. The Kier molecular flexibility index (Phi) is 9.16. The average Bonchev–Trinajstić information content (AvgIpc) is 3.35. The third-order valence-electron chi connectivity index (χ3n) is 5.93. The third-order valence-corrected chi connectivity index (χ3v) is 8.19. The van der Waals surface area contributed by atoms with Gasteiger partial charge in [-0.15, -0.1) is 23.1 Å². The lowest BCUT2D eigenvalue weighted by Crippen LogP contribution is -2.25. The summed E-state index contributed by atoms with van der Waals surface area (Å²) in [7, 11) is 1.31. The van der Waals surface area contributed by atoms with Crippen LogP contribution in [0.5, 0.6) is 0 Å². The van der Waals surface area contributed by atoms with Crippen LogP contribution < -0.4 is 10.6 Å². The summed E-state index contributed by atoms with van der Waals surface area (Å²) in [6.07, 6.45) is 0.520. The molecule has 1 heterocycles. The zero-order valence-corrected chi connectivity index (χ0v) is 23.3. The molecule has 9 heteroatoms. The van der Waals surface area contributed by atoms with Crippen LogP contribution in [-0.4, -0.2) is 30.1 Å². The molecule has 4 rings (SSSR count). The van der Waals surface area contributed by atoms with Gasteiger partial charge in [-0.1, -0.05) is 55.0 Å². The molecule has 0 saturated heterocycles. The van der Waals surface area contributed by atoms with Crippen molar-refractivity contribution in [3.05, 3.63) is 101 Å². The van der Waals surface area contributed by atoms with Gasteiger partial charge in [-0.05, 0) is 49.2 Å². The molecule has 0 aliphatic carbocycles. The van der Waals surface area contributed by atoms with Gasteiger partial charge in [0.15, 0.2) is 0 Å². The molecule has 0 radical (unpaired) electrons. The van der Waals surface area contributed by atoms with E-state index in [1.165, 1.54) is 48.4 Å². The molecule has 0 bridgehead atoms. The van der Waals surface area contributed by atoms with Crippen molar-refractivity contribution < 1.29 is 23.5 Å². The Morgan fingerprint density at radius 1 is 1.00 bits per heavy atom. The highest BCUT2D eigenvalue weighted by molar-refractivity contribution is 8.00. The molecule has 4 aromatic rings. The van der Waals surface area contributed by atoms with E-state index in [0.29, 0.717) is 28.2 Å². The van der Waals surface area contributed by atoms with Crippen LogP contribution >= 0.6 is 23.1 Å². The number of halogens is 1. The predicted molar refractivity (Wildman–Crippen MR) is 155 cm³/mol. The highest BCUT2D eigenvalue weighted by Crippen LogP contribution is 2.37. The van der Waals surface area contributed by atoms with Gasteiger partial charge in [0, 0.05) is 21.5 Å². The fourth-order valence-corrected chi connectivity index (χ4v) is 5.84. The van der Waals surface area contributed by atoms with E-state index in [2.05, 4.69) is 10.6 Å². The van der Waals surface area contributed by atoms with Crippen molar-refractivity contribution in [2.75, 3.05) is 17.7 Å². The summed E-state index contributed by atoms with van der Waals surface area (Å²) in [5.74, 6) is -1.95. The van der Waals surface area contributed by atoms with Gasteiger partial charge in [0.1, 0.15) is 16.4 Å². The monoisotopic (exact) mass is 562 g/mol. The summed E-state index contributed by atoms with van der Waals surface area (Å²) in [6.45, 7) is 3.88. The SMILES string of the molecule is CCC(Sc1cccc(NC(=O)c2ccccc2F)c1)C(=O)Nc1scc(-c2ccc(C)cc2)c1C(=O)OC. The molecular formula is C30H27FN2O4S2. The number of amides is 2. The largest absolute Gasteiger partial charge is 0.465 e. The number of carbonyl (C=O) groups excluding carboxylic acids is 3. The minimum Gasteiger partial charge on any atom is -0.465 e. The van der Waals surface area contributed by atoms with Crippen LogP contribution in [0.3, 0.4) is 0 Å². The van der Waals surface area contributed by atoms with Gasteiger partial charge >= 0.3 is 5.97 Å². The van der Waals surface area contributed by atoms with Gasteiger partial charge in [-0.25, -0.2) is 9.18 Å². The second-order valence-electron chi connectivity index (χ2n) is 8.68. The normalized spacial score (nSPS) is 11.5. The minimum absolute atomic E-state index is 0.0521. The van der Waals surface area contributed by atoms with Gasteiger partial charge < -0.3 is 15.4 Å². The Morgan fingerprint density at radius 3 is 2.44 bits per heavy atom. The van der Waals surface area contributed by atoms with Crippen molar-refractivity contribution in [3.63, 3.8) is 0 Å². The number of hydrogen-bond acceptors (Lipinski definition) is 6.